The van der Waals surface area contributed by atoms with Crippen molar-refractivity contribution in [2.75, 3.05) is 12.4 Å². The van der Waals surface area contributed by atoms with Gasteiger partial charge >= 0.3 is 0 Å². The standard InChI is InChI=1S/C20H23N3O.CH5N/c1-4-6-7-16(5-2)14-20(24)21-18-11-9-17(10-12-18)19-13-8-15(3)22-23-19;1-2/h5,7-13H,2,4,6,14H2,1,3H3,(H,21,24);2H2,1H3/b16-7+;. The van der Waals surface area contributed by atoms with E-state index in [2.05, 4.69) is 40.8 Å². The molecule has 0 spiro atoms. The van der Waals surface area contributed by atoms with Gasteiger partial charge in [0.25, 0.3) is 0 Å². The summed E-state index contributed by atoms with van der Waals surface area (Å²) < 4.78 is 0. The van der Waals surface area contributed by atoms with E-state index in [0.29, 0.717) is 6.42 Å². The molecule has 26 heavy (non-hydrogen) atoms. The van der Waals surface area contributed by atoms with Gasteiger partial charge in [-0.25, -0.2) is 0 Å². The molecule has 0 radical (unpaired) electrons. The Balaban J connectivity index is 0.00000163. The number of anilines is 1. The van der Waals surface area contributed by atoms with Crippen LogP contribution in [0.1, 0.15) is 31.9 Å². The third-order valence-corrected chi connectivity index (χ3v) is 3.58. The number of unbranched alkanes of at least 4 members (excludes halogenated alkanes) is 1. The van der Waals surface area contributed by atoms with Crippen LogP contribution in [-0.4, -0.2) is 23.2 Å². The Bertz CT molecular complexity index is 719. The second kappa shape index (κ2) is 11.7. The monoisotopic (exact) mass is 352 g/mol. The SMILES string of the molecule is C=C/C(=C\CCC)CC(=O)Nc1ccc(-c2ccc(C)nn2)cc1.CN. The summed E-state index contributed by atoms with van der Waals surface area (Å²) >= 11 is 0. The number of allylic oxidation sites excluding steroid dienone is 2. The second-order valence-electron chi connectivity index (χ2n) is 5.63. The molecule has 2 rings (SSSR count). The number of aromatic nitrogens is 2. The number of nitrogens with two attached hydrogens (primary N) is 1. The van der Waals surface area contributed by atoms with Crippen molar-refractivity contribution in [2.45, 2.75) is 33.1 Å². The summed E-state index contributed by atoms with van der Waals surface area (Å²) in [6.07, 6.45) is 6.16. The van der Waals surface area contributed by atoms with E-state index in [4.69, 9.17) is 0 Å². The van der Waals surface area contributed by atoms with Gasteiger partial charge in [-0.3, -0.25) is 4.79 Å². The highest BCUT2D eigenvalue weighted by atomic mass is 16.1. The van der Waals surface area contributed by atoms with E-state index in [-0.39, 0.29) is 5.91 Å². The number of hydrogen-bond donors (Lipinski definition) is 2. The number of rotatable bonds is 7. The van der Waals surface area contributed by atoms with Crippen molar-refractivity contribution in [3.05, 3.63) is 66.4 Å². The van der Waals surface area contributed by atoms with Crippen LogP contribution in [0.15, 0.2) is 60.7 Å². The molecule has 1 aromatic carbocycles. The van der Waals surface area contributed by atoms with Gasteiger partial charge in [0.05, 0.1) is 17.8 Å². The van der Waals surface area contributed by atoms with Crippen LogP contribution >= 0.6 is 0 Å². The summed E-state index contributed by atoms with van der Waals surface area (Å²) in [7, 11) is 1.50. The van der Waals surface area contributed by atoms with Crippen LogP contribution < -0.4 is 11.1 Å². The number of carbonyl (C=O) groups excluding carboxylic acids is 1. The fourth-order valence-corrected chi connectivity index (χ4v) is 2.23. The van der Waals surface area contributed by atoms with Crippen molar-refractivity contribution in [3.63, 3.8) is 0 Å². The van der Waals surface area contributed by atoms with Crippen molar-refractivity contribution in [3.8, 4) is 11.3 Å². The van der Waals surface area contributed by atoms with E-state index < -0.39 is 0 Å². The molecule has 1 amide bonds. The molecule has 0 aliphatic heterocycles. The van der Waals surface area contributed by atoms with Crippen molar-refractivity contribution in [1.29, 1.82) is 0 Å². The molecule has 0 aliphatic carbocycles. The summed E-state index contributed by atoms with van der Waals surface area (Å²) in [4.78, 5) is 12.1. The summed E-state index contributed by atoms with van der Waals surface area (Å²) in [5.74, 6) is -0.0415. The third kappa shape index (κ3) is 6.99. The molecule has 0 fully saturated rings. The number of aryl methyl sites for hydroxylation is 1. The van der Waals surface area contributed by atoms with E-state index in [9.17, 15) is 4.79 Å². The molecule has 0 atom stereocenters. The number of hydrogen-bond acceptors (Lipinski definition) is 4. The quantitative estimate of drug-likeness (QED) is 0.729. The van der Waals surface area contributed by atoms with Crippen LogP contribution in [0.2, 0.25) is 0 Å². The highest BCUT2D eigenvalue weighted by Crippen LogP contribution is 2.19. The highest BCUT2D eigenvalue weighted by Gasteiger charge is 2.05. The van der Waals surface area contributed by atoms with Gasteiger partial charge in [0, 0.05) is 11.3 Å². The Morgan fingerprint density at radius 3 is 2.38 bits per heavy atom. The molecule has 0 bridgehead atoms. The zero-order valence-corrected chi connectivity index (χ0v) is 15.8. The van der Waals surface area contributed by atoms with E-state index in [0.717, 1.165) is 41.1 Å². The average Bonchev–Trinajstić information content (AvgIpc) is 2.68. The first kappa shape index (κ1) is 21.3. The zero-order chi connectivity index (χ0) is 19.4. The van der Waals surface area contributed by atoms with E-state index >= 15 is 0 Å². The molecule has 138 valence electrons. The Morgan fingerprint density at radius 2 is 1.85 bits per heavy atom. The van der Waals surface area contributed by atoms with Crippen LogP contribution in [-0.2, 0) is 4.79 Å². The molecule has 1 aromatic heterocycles. The Kier molecular flexibility index (Phi) is 9.57. The maximum Gasteiger partial charge on any atom is 0.228 e. The van der Waals surface area contributed by atoms with Gasteiger partial charge in [0.2, 0.25) is 5.91 Å². The summed E-state index contributed by atoms with van der Waals surface area (Å²) in [5.41, 5.74) is 8.89. The molecule has 5 heteroatoms. The van der Waals surface area contributed by atoms with Gasteiger partial charge in [-0.2, -0.15) is 10.2 Å². The van der Waals surface area contributed by atoms with Crippen LogP contribution in [0.25, 0.3) is 11.3 Å². The number of carbonyl (C=O) groups is 1. The summed E-state index contributed by atoms with van der Waals surface area (Å²) in [5, 5.41) is 11.1. The fourth-order valence-electron chi connectivity index (χ4n) is 2.23. The first-order chi connectivity index (χ1) is 12.6. The molecule has 5 nitrogen and oxygen atoms in total. The molecule has 2 aromatic rings. The average molecular weight is 352 g/mol. The highest BCUT2D eigenvalue weighted by molar-refractivity contribution is 5.92. The topological polar surface area (TPSA) is 80.9 Å². The predicted octanol–water partition coefficient (Wildman–Crippen LogP) is 4.27. The van der Waals surface area contributed by atoms with Gasteiger partial charge in [-0.15, -0.1) is 0 Å². The number of amides is 1. The van der Waals surface area contributed by atoms with Crippen molar-refractivity contribution in [1.82, 2.24) is 10.2 Å². The van der Waals surface area contributed by atoms with E-state index in [1.807, 2.05) is 43.3 Å². The van der Waals surface area contributed by atoms with Gasteiger partial charge in [0.15, 0.2) is 0 Å². The van der Waals surface area contributed by atoms with Gasteiger partial charge < -0.3 is 11.1 Å². The van der Waals surface area contributed by atoms with Crippen LogP contribution in [0.4, 0.5) is 5.69 Å². The van der Waals surface area contributed by atoms with Crippen molar-refractivity contribution < 1.29 is 4.79 Å². The van der Waals surface area contributed by atoms with Crippen LogP contribution in [0.3, 0.4) is 0 Å². The molecular weight excluding hydrogens is 324 g/mol. The van der Waals surface area contributed by atoms with Crippen LogP contribution in [0.5, 0.6) is 0 Å². The maximum absolute atomic E-state index is 12.1. The lowest BCUT2D eigenvalue weighted by atomic mass is 10.1. The van der Waals surface area contributed by atoms with Gasteiger partial charge in [0.1, 0.15) is 0 Å². The Hall–Kier alpha value is -2.79. The van der Waals surface area contributed by atoms with Crippen LogP contribution in [0, 0.1) is 6.92 Å². The lowest BCUT2D eigenvalue weighted by Crippen LogP contribution is -2.11. The minimum absolute atomic E-state index is 0.0415. The molecule has 0 aliphatic rings. The largest absolute Gasteiger partial charge is 0.333 e. The minimum Gasteiger partial charge on any atom is -0.333 e. The Labute approximate surface area is 156 Å². The fraction of sp³-hybridized carbons (Fsp3) is 0.286. The van der Waals surface area contributed by atoms with Crippen molar-refractivity contribution in [2.24, 2.45) is 5.73 Å². The Morgan fingerprint density at radius 1 is 1.15 bits per heavy atom. The van der Waals surface area contributed by atoms with Crippen molar-refractivity contribution >= 4 is 11.6 Å². The van der Waals surface area contributed by atoms with Gasteiger partial charge in [-0.1, -0.05) is 44.2 Å². The molecule has 0 unspecified atom stereocenters. The van der Waals surface area contributed by atoms with E-state index in [1.165, 1.54) is 7.05 Å². The maximum atomic E-state index is 12.1. The first-order valence-corrected chi connectivity index (χ1v) is 8.72. The molecule has 3 N–H and O–H groups in total. The predicted molar refractivity (Wildman–Crippen MR) is 109 cm³/mol. The lowest BCUT2D eigenvalue weighted by Gasteiger charge is -2.07. The lowest BCUT2D eigenvalue weighted by molar-refractivity contribution is -0.115. The molecule has 0 saturated heterocycles. The summed E-state index contributed by atoms with van der Waals surface area (Å²) in [6.45, 7) is 7.78. The smallest absolute Gasteiger partial charge is 0.228 e. The number of benzene rings is 1. The zero-order valence-electron chi connectivity index (χ0n) is 15.8. The molecule has 1 heterocycles. The number of nitrogens with one attached hydrogen (secondary N) is 1. The third-order valence-electron chi connectivity index (χ3n) is 3.58. The normalized spacial score (nSPS) is 10.5. The molecular formula is C21H28N4O. The second-order valence-corrected chi connectivity index (χ2v) is 5.63. The van der Waals surface area contributed by atoms with Gasteiger partial charge in [-0.05, 0) is 50.2 Å². The number of nitrogens with zero attached hydrogens (tertiary/aromatic N) is 2. The van der Waals surface area contributed by atoms with E-state index in [1.54, 1.807) is 6.08 Å². The molecule has 0 saturated carbocycles. The summed E-state index contributed by atoms with van der Waals surface area (Å²) in [6, 6.07) is 11.5. The minimum atomic E-state index is -0.0415. The first-order valence-electron chi connectivity index (χ1n) is 8.72.